The molecule has 0 aliphatic heterocycles. The summed E-state index contributed by atoms with van der Waals surface area (Å²) in [4.78, 5) is 77.3. The normalized spacial score (nSPS) is 13.7. The van der Waals surface area contributed by atoms with Gasteiger partial charge in [0.25, 0.3) is 0 Å². The Hall–Kier alpha value is -5.24. The van der Waals surface area contributed by atoms with Crippen molar-refractivity contribution in [3.05, 3.63) is 71.9 Å². The summed E-state index contributed by atoms with van der Waals surface area (Å²) in [7, 11) is 0. The molecule has 0 saturated heterocycles. The van der Waals surface area contributed by atoms with Gasteiger partial charge in [-0.15, -0.1) is 0 Å². The number of hydrogen-bond acceptors (Lipinski definition) is 7. The fourth-order valence-electron chi connectivity index (χ4n) is 4.33. The molecule has 0 spiro atoms. The number of carbonyl (C=O) groups excluding carboxylic acids is 5. The first-order valence-electron chi connectivity index (χ1n) is 13.0. The Morgan fingerprint density at radius 3 is 1.81 bits per heavy atom. The van der Waals surface area contributed by atoms with Crippen LogP contribution in [0.3, 0.4) is 0 Å². The van der Waals surface area contributed by atoms with Crippen molar-refractivity contribution in [2.24, 2.45) is 17.2 Å². The predicted octanol–water partition coefficient (Wildman–Crippen LogP) is -1.43. The number of nitrogens with two attached hydrogens (primary N) is 3. The number of rotatable bonds is 15. The maximum Gasteiger partial charge on any atom is 0.326 e. The van der Waals surface area contributed by atoms with E-state index in [1.165, 1.54) is 0 Å². The number of para-hydroxylation sites is 1. The number of carbonyl (C=O) groups is 6. The summed E-state index contributed by atoms with van der Waals surface area (Å²) in [5.74, 6) is -6.07. The van der Waals surface area contributed by atoms with Gasteiger partial charge in [-0.1, -0.05) is 48.5 Å². The number of aromatic nitrogens is 1. The van der Waals surface area contributed by atoms with E-state index in [-0.39, 0.29) is 12.8 Å². The lowest BCUT2D eigenvalue weighted by molar-refractivity contribution is -0.142. The highest BCUT2D eigenvalue weighted by molar-refractivity contribution is 5.97. The number of carboxylic acids is 1. The van der Waals surface area contributed by atoms with E-state index in [9.17, 15) is 33.9 Å². The standard InChI is InChI=1S/C28H33N7O7/c29-18(10-15-6-2-1-3-7-15)25(38)33-20(12-23(30)36)26(39)34-21(13-24(31)37)27(40)35-22(28(41)42)11-16-14-32-19-9-5-4-8-17(16)19/h1-9,14,18,20-22,32H,10-13,29H2,(H2,30,36)(H2,31,37)(H,33,38)(H,34,39)(H,35,40)(H,41,42). The topological polar surface area (TPSA) is 253 Å². The van der Waals surface area contributed by atoms with E-state index in [2.05, 4.69) is 20.9 Å². The number of H-pyrrole nitrogens is 1. The maximum absolute atomic E-state index is 13.1. The SMILES string of the molecule is NC(=O)CC(NC(=O)C(N)Cc1ccccc1)C(=O)NC(CC(N)=O)C(=O)NC(Cc1c[nH]c2ccccc12)C(=O)O. The van der Waals surface area contributed by atoms with Gasteiger partial charge >= 0.3 is 5.97 Å². The summed E-state index contributed by atoms with van der Waals surface area (Å²) in [5, 5.41) is 17.5. The van der Waals surface area contributed by atoms with Crippen molar-refractivity contribution in [1.82, 2.24) is 20.9 Å². The van der Waals surface area contributed by atoms with Crippen molar-refractivity contribution in [2.75, 3.05) is 0 Å². The van der Waals surface area contributed by atoms with Gasteiger partial charge in [0, 0.05) is 23.5 Å². The third kappa shape index (κ3) is 8.89. The Morgan fingerprint density at radius 2 is 1.24 bits per heavy atom. The lowest BCUT2D eigenvalue weighted by Gasteiger charge is -2.24. The van der Waals surface area contributed by atoms with Crippen molar-refractivity contribution in [3.8, 4) is 0 Å². The summed E-state index contributed by atoms with van der Waals surface area (Å²) in [6.07, 6.45) is 0.314. The Balaban J connectivity index is 1.72. The van der Waals surface area contributed by atoms with Gasteiger partial charge in [0.15, 0.2) is 0 Å². The van der Waals surface area contributed by atoms with Crippen LogP contribution in [-0.2, 0) is 41.6 Å². The smallest absolute Gasteiger partial charge is 0.326 e. The minimum Gasteiger partial charge on any atom is -0.480 e. The van der Waals surface area contributed by atoms with Crippen LogP contribution in [0.1, 0.15) is 24.0 Å². The highest BCUT2D eigenvalue weighted by atomic mass is 16.4. The van der Waals surface area contributed by atoms with Gasteiger partial charge < -0.3 is 43.2 Å². The van der Waals surface area contributed by atoms with Gasteiger partial charge in [-0.25, -0.2) is 4.79 Å². The molecule has 14 heteroatoms. The van der Waals surface area contributed by atoms with Crippen molar-refractivity contribution < 1.29 is 33.9 Å². The molecule has 3 aromatic rings. The average Bonchev–Trinajstić information content (AvgIpc) is 3.34. The number of primary amides is 2. The summed E-state index contributed by atoms with van der Waals surface area (Å²) in [5.41, 5.74) is 18.6. The highest BCUT2D eigenvalue weighted by Crippen LogP contribution is 2.19. The van der Waals surface area contributed by atoms with E-state index < -0.39 is 72.5 Å². The number of fused-ring (bicyclic) bond motifs is 1. The Morgan fingerprint density at radius 1 is 0.714 bits per heavy atom. The summed E-state index contributed by atoms with van der Waals surface area (Å²) >= 11 is 0. The first kappa shape index (κ1) is 31.3. The van der Waals surface area contributed by atoms with Crippen molar-refractivity contribution in [3.63, 3.8) is 0 Å². The Labute approximate surface area is 240 Å². The molecule has 11 N–H and O–H groups in total. The fourth-order valence-corrected chi connectivity index (χ4v) is 4.33. The van der Waals surface area contributed by atoms with Gasteiger partial charge in [0.1, 0.15) is 18.1 Å². The molecule has 42 heavy (non-hydrogen) atoms. The highest BCUT2D eigenvalue weighted by Gasteiger charge is 2.32. The molecule has 5 amide bonds. The molecule has 0 aliphatic rings. The number of carboxylic acid groups (broad SMARTS) is 1. The van der Waals surface area contributed by atoms with Crippen molar-refractivity contribution in [1.29, 1.82) is 0 Å². The molecule has 1 aromatic heterocycles. The monoisotopic (exact) mass is 579 g/mol. The number of amides is 5. The quantitative estimate of drug-likeness (QED) is 0.106. The van der Waals surface area contributed by atoms with E-state index >= 15 is 0 Å². The molecule has 0 aliphatic carbocycles. The van der Waals surface area contributed by atoms with E-state index in [0.29, 0.717) is 5.56 Å². The number of hydrogen-bond donors (Lipinski definition) is 8. The molecule has 2 aromatic carbocycles. The summed E-state index contributed by atoms with van der Waals surface area (Å²) < 4.78 is 0. The molecule has 0 radical (unpaired) electrons. The molecular weight excluding hydrogens is 546 g/mol. The second-order valence-corrected chi connectivity index (χ2v) is 9.72. The lowest BCUT2D eigenvalue weighted by Crippen LogP contribution is -2.58. The number of aromatic amines is 1. The molecular formula is C28H33N7O7. The van der Waals surface area contributed by atoms with Gasteiger partial charge in [-0.05, 0) is 23.6 Å². The number of nitrogens with one attached hydrogen (secondary N) is 4. The maximum atomic E-state index is 13.1. The average molecular weight is 580 g/mol. The van der Waals surface area contributed by atoms with Crippen LogP contribution in [0.4, 0.5) is 0 Å². The van der Waals surface area contributed by atoms with E-state index in [1.807, 2.05) is 0 Å². The molecule has 0 bridgehead atoms. The predicted molar refractivity (Wildman–Crippen MR) is 151 cm³/mol. The third-order valence-electron chi connectivity index (χ3n) is 6.43. The lowest BCUT2D eigenvalue weighted by atomic mass is 10.0. The summed E-state index contributed by atoms with van der Waals surface area (Å²) in [6, 6.07) is 10.4. The first-order valence-corrected chi connectivity index (χ1v) is 13.0. The van der Waals surface area contributed by atoms with Crippen molar-refractivity contribution in [2.45, 2.75) is 49.9 Å². The van der Waals surface area contributed by atoms with Crippen LogP contribution in [0.5, 0.6) is 0 Å². The van der Waals surface area contributed by atoms with Crippen LogP contribution < -0.4 is 33.2 Å². The zero-order chi connectivity index (χ0) is 30.8. The minimum absolute atomic E-state index is 0.109. The minimum atomic E-state index is -1.62. The van der Waals surface area contributed by atoms with Gasteiger partial charge in [0.05, 0.1) is 18.9 Å². The largest absolute Gasteiger partial charge is 0.480 e. The van der Waals surface area contributed by atoms with E-state index in [4.69, 9.17) is 17.2 Å². The molecule has 4 atom stereocenters. The van der Waals surface area contributed by atoms with Crippen molar-refractivity contribution >= 4 is 46.4 Å². The fraction of sp³-hybridized carbons (Fsp3) is 0.286. The molecule has 4 unspecified atom stereocenters. The zero-order valence-electron chi connectivity index (χ0n) is 22.5. The van der Waals surface area contributed by atoms with Crippen LogP contribution >= 0.6 is 0 Å². The van der Waals surface area contributed by atoms with Gasteiger partial charge in [0.2, 0.25) is 29.5 Å². The first-order chi connectivity index (χ1) is 19.9. The molecule has 14 nitrogen and oxygen atoms in total. The van der Waals surface area contributed by atoms with E-state index in [0.717, 1.165) is 16.5 Å². The zero-order valence-corrected chi connectivity index (χ0v) is 22.5. The van der Waals surface area contributed by atoms with Crippen LogP contribution in [0.25, 0.3) is 10.9 Å². The van der Waals surface area contributed by atoms with Gasteiger partial charge in [-0.2, -0.15) is 0 Å². The molecule has 0 saturated carbocycles. The third-order valence-corrected chi connectivity index (χ3v) is 6.43. The van der Waals surface area contributed by atoms with Crippen LogP contribution in [0.15, 0.2) is 60.8 Å². The number of aliphatic carboxylic acids is 1. The second-order valence-electron chi connectivity index (χ2n) is 9.72. The molecule has 0 fully saturated rings. The second kappa shape index (κ2) is 14.4. The van der Waals surface area contributed by atoms with Crippen LogP contribution in [0.2, 0.25) is 0 Å². The van der Waals surface area contributed by atoms with Gasteiger partial charge in [-0.3, -0.25) is 24.0 Å². The van der Waals surface area contributed by atoms with Crippen LogP contribution in [0, 0.1) is 0 Å². The Kier molecular flexibility index (Phi) is 10.7. The Bertz CT molecular complexity index is 1460. The van der Waals surface area contributed by atoms with Crippen LogP contribution in [-0.4, -0.2) is 69.8 Å². The number of benzene rings is 2. The van der Waals surface area contributed by atoms with E-state index in [1.54, 1.807) is 60.8 Å². The molecule has 222 valence electrons. The molecule has 1 heterocycles. The molecule has 3 rings (SSSR count). The summed E-state index contributed by atoms with van der Waals surface area (Å²) in [6.45, 7) is 0.